The molecule has 2 N–H and O–H groups in total. The van der Waals surface area contributed by atoms with Crippen LogP contribution in [0.25, 0.3) is 22.0 Å². The number of nitrogens with one attached hydrogen (secondary N) is 2. The number of amides is 3. The number of aromatic nitrogens is 3. The van der Waals surface area contributed by atoms with Crippen molar-refractivity contribution in [2.45, 2.75) is 45.3 Å². The first-order valence-electron chi connectivity index (χ1n) is 14.1. The Morgan fingerprint density at radius 2 is 1.64 bits per heavy atom. The number of rotatable bonds is 6. The SMILES string of the molecule is COc1ccccc1-c1cnc(C(=O)N2C[C@@H]3C[C@H]2CN3C(=O)[C@@H](NC(=O)c2cc3ccccc3[nH]2)C(C)(C)C)nc1. The molecule has 0 spiro atoms. The Hall–Kier alpha value is -4.73. The molecule has 0 aliphatic carbocycles. The van der Waals surface area contributed by atoms with Crippen LogP contribution in [0.5, 0.6) is 5.75 Å². The number of methoxy groups -OCH3 is 1. The van der Waals surface area contributed by atoms with Gasteiger partial charge in [0, 0.05) is 47.5 Å². The van der Waals surface area contributed by atoms with E-state index in [0.717, 1.165) is 22.0 Å². The van der Waals surface area contributed by atoms with Gasteiger partial charge in [0.2, 0.25) is 11.7 Å². The number of ether oxygens (including phenoxy) is 1. The van der Waals surface area contributed by atoms with E-state index in [1.54, 1.807) is 30.5 Å². The fraction of sp³-hybridized carbons (Fsp3) is 0.344. The first kappa shape index (κ1) is 27.4. The van der Waals surface area contributed by atoms with Crippen LogP contribution in [0.1, 0.15) is 48.3 Å². The molecule has 10 heteroatoms. The minimum absolute atomic E-state index is 0.122. The van der Waals surface area contributed by atoms with Crippen LogP contribution in [-0.4, -0.2) is 80.8 Å². The number of piperazine rings is 1. The summed E-state index contributed by atoms with van der Waals surface area (Å²) in [6.45, 7) is 6.63. The van der Waals surface area contributed by atoms with Crippen molar-refractivity contribution in [2.24, 2.45) is 5.41 Å². The lowest BCUT2D eigenvalue weighted by Crippen LogP contribution is -2.59. The molecule has 2 aromatic carbocycles. The number of likely N-dealkylation sites (tertiary alicyclic amines) is 2. The summed E-state index contributed by atoms with van der Waals surface area (Å²) in [5.74, 6) is 0.115. The summed E-state index contributed by atoms with van der Waals surface area (Å²) in [7, 11) is 1.61. The molecule has 4 aromatic rings. The average molecular weight is 567 g/mol. The first-order chi connectivity index (χ1) is 20.1. The molecule has 0 unspecified atom stereocenters. The van der Waals surface area contributed by atoms with E-state index in [-0.39, 0.29) is 35.6 Å². The Morgan fingerprint density at radius 1 is 0.976 bits per heavy atom. The number of nitrogens with zero attached hydrogens (tertiary/aromatic N) is 4. The zero-order valence-electron chi connectivity index (χ0n) is 24.1. The van der Waals surface area contributed by atoms with Gasteiger partial charge in [-0.25, -0.2) is 9.97 Å². The quantitative estimate of drug-likeness (QED) is 0.365. The lowest BCUT2D eigenvalue weighted by atomic mass is 9.85. The molecule has 2 aromatic heterocycles. The van der Waals surface area contributed by atoms with Crippen LogP contribution < -0.4 is 10.1 Å². The molecule has 2 fully saturated rings. The van der Waals surface area contributed by atoms with Crippen LogP contribution in [0, 0.1) is 5.41 Å². The number of aromatic amines is 1. The van der Waals surface area contributed by atoms with Gasteiger partial charge in [0.05, 0.1) is 19.2 Å². The van der Waals surface area contributed by atoms with Crippen molar-refractivity contribution < 1.29 is 19.1 Å². The van der Waals surface area contributed by atoms with Crippen LogP contribution in [-0.2, 0) is 4.79 Å². The highest BCUT2D eigenvalue weighted by Gasteiger charge is 2.50. The Balaban J connectivity index is 1.13. The Morgan fingerprint density at radius 3 is 2.31 bits per heavy atom. The second-order valence-corrected chi connectivity index (χ2v) is 12.0. The Labute approximate surface area is 244 Å². The van der Waals surface area contributed by atoms with Crippen molar-refractivity contribution in [3.8, 4) is 16.9 Å². The van der Waals surface area contributed by atoms with Crippen molar-refractivity contribution in [1.29, 1.82) is 0 Å². The summed E-state index contributed by atoms with van der Waals surface area (Å²) in [5.41, 5.74) is 2.36. The highest BCUT2D eigenvalue weighted by atomic mass is 16.5. The number of fused-ring (bicyclic) bond motifs is 3. The van der Waals surface area contributed by atoms with Crippen molar-refractivity contribution in [1.82, 2.24) is 30.1 Å². The highest BCUT2D eigenvalue weighted by Crippen LogP contribution is 2.34. The maximum absolute atomic E-state index is 13.9. The molecule has 216 valence electrons. The molecule has 3 amide bonds. The minimum atomic E-state index is -0.731. The van der Waals surface area contributed by atoms with E-state index in [1.165, 1.54) is 0 Å². The van der Waals surface area contributed by atoms with E-state index < -0.39 is 11.5 Å². The van der Waals surface area contributed by atoms with Gasteiger partial charge in [-0.2, -0.15) is 0 Å². The predicted molar refractivity (Wildman–Crippen MR) is 158 cm³/mol. The molecule has 6 rings (SSSR count). The molecule has 2 aliphatic rings. The number of benzene rings is 2. The van der Waals surface area contributed by atoms with E-state index in [9.17, 15) is 14.4 Å². The van der Waals surface area contributed by atoms with Gasteiger partial charge in [-0.15, -0.1) is 0 Å². The van der Waals surface area contributed by atoms with Crippen LogP contribution in [0.3, 0.4) is 0 Å². The van der Waals surface area contributed by atoms with Crippen LogP contribution in [0.4, 0.5) is 0 Å². The molecule has 3 atom stereocenters. The van der Waals surface area contributed by atoms with Gasteiger partial charge in [-0.05, 0) is 30.0 Å². The zero-order chi connectivity index (χ0) is 29.6. The Kier molecular flexibility index (Phi) is 6.92. The topological polar surface area (TPSA) is 121 Å². The summed E-state index contributed by atoms with van der Waals surface area (Å²) < 4.78 is 5.43. The number of hydrogen-bond donors (Lipinski definition) is 2. The standard InChI is InChI=1S/C32H34N6O4/c1-32(2,3)27(36-29(39)25-13-19-9-5-7-11-24(19)35-25)30(40)37-17-22-14-21(37)18-38(22)31(41)28-33-15-20(16-34-28)23-10-6-8-12-26(23)42-4/h5-13,15-16,21-22,27,35H,14,17-18H2,1-4H3,(H,36,39)/t21-,22-,27+/m0/s1. The number of H-pyrrole nitrogens is 1. The third-order valence-corrected chi connectivity index (χ3v) is 8.21. The number of carbonyl (C=O) groups excluding carboxylic acids is 3. The van der Waals surface area contributed by atoms with E-state index in [1.807, 2.05) is 74.2 Å². The predicted octanol–water partition coefficient (Wildman–Crippen LogP) is 3.90. The molecular formula is C32H34N6O4. The first-order valence-corrected chi connectivity index (χ1v) is 14.1. The maximum Gasteiger partial charge on any atom is 0.292 e. The molecular weight excluding hydrogens is 532 g/mol. The van der Waals surface area contributed by atoms with Gasteiger partial charge in [0.1, 0.15) is 17.5 Å². The van der Waals surface area contributed by atoms with Gasteiger partial charge >= 0.3 is 0 Å². The van der Waals surface area contributed by atoms with Gasteiger partial charge < -0.3 is 24.8 Å². The Bertz CT molecular complexity index is 1620. The molecule has 42 heavy (non-hydrogen) atoms. The molecule has 2 saturated heterocycles. The molecule has 2 aliphatic heterocycles. The van der Waals surface area contributed by atoms with E-state index in [0.29, 0.717) is 31.0 Å². The van der Waals surface area contributed by atoms with Crippen molar-refractivity contribution in [3.63, 3.8) is 0 Å². The minimum Gasteiger partial charge on any atom is -0.496 e. The summed E-state index contributed by atoms with van der Waals surface area (Å²) in [4.78, 5) is 55.9. The normalized spacial score (nSPS) is 18.8. The summed E-state index contributed by atoms with van der Waals surface area (Å²) in [5, 5.41) is 3.92. The summed E-state index contributed by atoms with van der Waals surface area (Å²) >= 11 is 0. The molecule has 4 heterocycles. The van der Waals surface area contributed by atoms with Gasteiger partial charge in [0.25, 0.3) is 11.8 Å². The van der Waals surface area contributed by atoms with Crippen LogP contribution in [0.15, 0.2) is 67.0 Å². The van der Waals surface area contributed by atoms with Gasteiger partial charge in [0.15, 0.2) is 0 Å². The lowest BCUT2D eigenvalue weighted by Gasteiger charge is -2.39. The largest absolute Gasteiger partial charge is 0.496 e. The second-order valence-electron chi connectivity index (χ2n) is 12.0. The number of carbonyl (C=O) groups is 3. The number of para-hydroxylation sites is 2. The molecule has 0 saturated carbocycles. The van der Waals surface area contributed by atoms with Gasteiger partial charge in [-0.3, -0.25) is 14.4 Å². The molecule has 10 nitrogen and oxygen atoms in total. The summed E-state index contributed by atoms with van der Waals surface area (Å²) in [6.07, 6.45) is 3.95. The third-order valence-electron chi connectivity index (χ3n) is 8.21. The fourth-order valence-corrected chi connectivity index (χ4v) is 5.99. The number of hydrogen-bond acceptors (Lipinski definition) is 6. The van der Waals surface area contributed by atoms with Gasteiger partial charge in [-0.1, -0.05) is 57.2 Å². The van der Waals surface area contributed by atoms with Crippen molar-refractivity contribution >= 4 is 28.6 Å². The van der Waals surface area contributed by atoms with Crippen molar-refractivity contribution in [2.75, 3.05) is 20.2 Å². The fourth-order valence-electron chi connectivity index (χ4n) is 5.99. The monoisotopic (exact) mass is 566 g/mol. The van der Waals surface area contributed by atoms with E-state index in [2.05, 4.69) is 20.3 Å². The summed E-state index contributed by atoms with van der Waals surface area (Å²) in [6, 6.07) is 16.0. The van der Waals surface area contributed by atoms with Crippen LogP contribution in [0.2, 0.25) is 0 Å². The van der Waals surface area contributed by atoms with E-state index in [4.69, 9.17) is 4.74 Å². The van der Waals surface area contributed by atoms with Crippen LogP contribution >= 0.6 is 0 Å². The molecule has 2 bridgehead atoms. The third kappa shape index (κ3) is 4.97. The highest BCUT2D eigenvalue weighted by molar-refractivity contribution is 6.00. The zero-order valence-corrected chi connectivity index (χ0v) is 24.1. The molecule has 0 radical (unpaired) electrons. The smallest absolute Gasteiger partial charge is 0.292 e. The average Bonchev–Trinajstić information content (AvgIpc) is 3.73. The van der Waals surface area contributed by atoms with E-state index >= 15 is 0 Å². The second kappa shape index (κ2) is 10.6. The van der Waals surface area contributed by atoms with Crippen molar-refractivity contribution in [3.05, 3.63) is 78.5 Å². The maximum atomic E-state index is 13.9. The lowest BCUT2D eigenvalue weighted by molar-refractivity contribution is -0.138.